The molecular weight excluding hydrogens is 306 g/mol. The number of nitrogens with zero attached hydrogens (tertiary/aromatic N) is 1. The zero-order valence-corrected chi connectivity index (χ0v) is 14.5. The predicted octanol–water partition coefficient (Wildman–Crippen LogP) is 5.80. The smallest absolute Gasteiger partial charge is 0.129 e. The molecule has 120 valence electrons. The van der Waals surface area contributed by atoms with E-state index in [1.807, 2.05) is 68.5 Å². The number of halogens is 1. The molecule has 2 rings (SSSR count). The quantitative estimate of drug-likeness (QED) is 0.614. The van der Waals surface area contributed by atoms with Crippen molar-refractivity contribution in [3.05, 3.63) is 70.8 Å². The van der Waals surface area contributed by atoms with Gasteiger partial charge in [0.25, 0.3) is 0 Å². The third-order valence-electron chi connectivity index (χ3n) is 3.50. The Morgan fingerprint density at radius 1 is 1.13 bits per heavy atom. The summed E-state index contributed by atoms with van der Waals surface area (Å²) in [6.07, 6.45) is 4.55. The molecule has 0 N–H and O–H groups in total. The zero-order chi connectivity index (χ0) is 16.7. The Bertz CT molecular complexity index is 706. The minimum absolute atomic E-state index is 0.0137. The minimum Gasteiger partial charge on any atom is -0.490 e. The van der Waals surface area contributed by atoms with E-state index in [4.69, 9.17) is 16.3 Å². The topological polar surface area (TPSA) is 21.6 Å². The van der Waals surface area contributed by atoms with Gasteiger partial charge >= 0.3 is 0 Å². The molecule has 1 atom stereocenters. The standard InChI is InChI=1S/C20H22ClNO/c1-4-19(22-5-2)17-11-7-9-13-20(17)23-15(3)14-16-10-6-8-12-18(16)21/h4-13,15H,14H2,1-3H3/b19-4-,22-5?. The van der Waals surface area contributed by atoms with Crippen molar-refractivity contribution in [1.29, 1.82) is 0 Å². The van der Waals surface area contributed by atoms with Gasteiger partial charge in [0.15, 0.2) is 0 Å². The Hall–Kier alpha value is -2.06. The van der Waals surface area contributed by atoms with E-state index in [2.05, 4.69) is 11.9 Å². The van der Waals surface area contributed by atoms with Crippen LogP contribution in [0.4, 0.5) is 0 Å². The van der Waals surface area contributed by atoms with Gasteiger partial charge in [0.2, 0.25) is 0 Å². The van der Waals surface area contributed by atoms with Gasteiger partial charge in [-0.15, -0.1) is 0 Å². The molecule has 23 heavy (non-hydrogen) atoms. The first-order chi connectivity index (χ1) is 11.2. The number of rotatable bonds is 6. The van der Waals surface area contributed by atoms with Crippen LogP contribution in [0.1, 0.15) is 31.9 Å². The van der Waals surface area contributed by atoms with E-state index in [1.54, 1.807) is 6.21 Å². The molecule has 2 aromatic rings. The first-order valence-electron chi connectivity index (χ1n) is 7.80. The van der Waals surface area contributed by atoms with Crippen LogP contribution in [0.25, 0.3) is 5.70 Å². The lowest BCUT2D eigenvalue weighted by Crippen LogP contribution is -2.16. The van der Waals surface area contributed by atoms with Crippen molar-refractivity contribution < 1.29 is 4.74 Å². The molecule has 0 saturated heterocycles. The second kappa shape index (κ2) is 8.54. The monoisotopic (exact) mass is 327 g/mol. The zero-order valence-electron chi connectivity index (χ0n) is 13.8. The van der Waals surface area contributed by atoms with Crippen LogP contribution < -0.4 is 4.74 Å². The van der Waals surface area contributed by atoms with Gasteiger partial charge in [-0.3, -0.25) is 4.99 Å². The normalized spacial score (nSPS) is 13.3. The van der Waals surface area contributed by atoms with Crippen molar-refractivity contribution in [2.45, 2.75) is 33.3 Å². The molecule has 0 heterocycles. The first-order valence-corrected chi connectivity index (χ1v) is 8.18. The molecule has 2 aromatic carbocycles. The van der Waals surface area contributed by atoms with Gasteiger partial charge < -0.3 is 4.74 Å². The largest absolute Gasteiger partial charge is 0.490 e. The van der Waals surface area contributed by atoms with Gasteiger partial charge in [0.05, 0.1) is 5.70 Å². The average Bonchev–Trinajstić information content (AvgIpc) is 2.55. The molecule has 0 aromatic heterocycles. The number of para-hydroxylation sites is 1. The van der Waals surface area contributed by atoms with Crippen LogP contribution >= 0.6 is 11.6 Å². The fourth-order valence-electron chi connectivity index (χ4n) is 2.45. The molecular formula is C20H22ClNO. The number of benzene rings is 2. The van der Waals surface area contributed by atoms with Crippen LogP contribution in [-0.4, -0.2) is 12.3 Å². The fraction of sp³-hybridized carbons (Fsp3) is 0.250. The Morgan fingerprint density at radius 3 is 2.52 bits per heavy atom. The van der Waals surface area contributed by atoms with E-state index in [9.17, 15) is 0 Å². The first kappa shape index (κ1) is 17.3. The maximum Gasteiger partial charge on any atom is 0.129 e. The summed E-state index contributed by atoms with van der Waals surface area (Å²) in [6, 6.07) is 15.9. The summed E-state index contributed by atoms with van der Waals surface area (Å²) in [5, 5.41) is 0.779. The molecule has 0 radical (unpaired) electrons. The molecule has 0 fully saturated rings. The van der Waals surface area contributed by atoms with Gasteiger partial charge in [0.1, 0.15) is 11.9 Å². The van der Waals surface area contributed by atoms with Crippen molar-refractivity contribution in [2.75, 3.05) is 0 Å². The fourth-order valence-corrected chi connectivity index (χ4v) is 2.66. The summed E-state index contributed by atoms with van der Waals surface area (Å²) in [7, 11) is 0. The highest BCUT2D eigenvalue weighted by atomic mass is 35.5. The van der Waals surface area contributed by atoms with Crippen LogP contribution in [0, 0.1) is 0 Å². The molecule has 0 saturated carbocycles. The number of hydrogen-bond acceptors (Lipinski definition) is 2. The second-order valence-corrected chi connectivity index (χ2v) is 5.69. The average molecular weight is 328 g/mol. The molecule has 0 amide bonds. The molecule has 0 aliphatic carbocycles. The van der Waals surface area contributed by atoms with Crippen molar-refractivity contribution >= 4 is 23.5 Å². The lowest BCUT2D eigenvalue weighted by atomic mass is 10.1. The van der Waals surface area contributed by atoms with E-state index < -0.39 is 0 Å². The maximum atomic E-state index is 6.23. The lowest BCUT2D eigenvalue weighted by Gasteiger charge is -2.18. The van der Waals surface area contributed by atoms with E-state index in [0.29, 0.717) is 0 Å². The highest BCUT2D eigenvalue weighted by molar-refractivity contribution is 6.31. The van der Waals surface area contributed by atoms with Crippen molar-refractivity contribution in [2.24, 2.45) is 4.99 Å². The van der Waals surface area contributed by atoms with Crippen molar-refractivity contribution in [3.63, 3.8) is 0 Å². The summed E-state index contributed by atoms with van der Waals surface area (Å²) in [5.74, 6) is 0.839. The third-order valence-corrected chi connectivity index (χ3v) is 3.87. The maximum absolute atomic E-state index is 6.23. The SMILES string of the molecule is CC=N/C(=C\C)c1ccccc1OC(C)Cc1ccccc1Cl. The molecule has 0 aliphatic rings. The predicted molar refractivity (Wildman–Crippen MR) is 99.5 cm³/mol. The van der Waals surface area contributed by atoms with Gasteiger partial charge in [-0.1, -0.05) is 48.0 Å². The summed E-state index contributed by atoms with van der Waals surface area (Å²) >= 11 is 6.23. The number of allylic oxidation sites excluding steroid dienone is 1. The molecule has 2 nitrogen and oxygen atoms in total. The van der Waals surface area contributed by atoms with Crippen LogP contribution in [-0.2, 0) is 6.42 Å². The van der Waals surface area contributed by atoms with Gasteiger partial charge in [-0.05, 0) is 44.5 Å². The number of ether oxygens (including phenoxy) is 1. The lowest BCUT2D eigenvalue weighted by molar-refractivity contribution is 0.221. The Balaban J connectivity index is 2.18. The summed E-state index contributed by atoms with van der Waals surface area (Å²) in [6.45, 7) is 5.94. The van der Waals surface area contributed by atoms with Gasteiger partial charge in [0, 0.05) is 23.2 Å². The minimum atomic E-state index is 0.0137. The van der Waals surface area contributed by atoms with Gasteiger partial charge in [-0.25, -0.2) is 0 Å². The Kier molecular flexibility index (Phi) is 6.42. The molecule has 0 aliphatic heterocycles. The van der Waals surface area contributed by atoms with E-state index in [-0.39, 0.29) is 6.10 Å². The number of hydrogen-bond donors (Lipinski definition) is 0. The number of aliphatic imine (C=N–C) groups is 1. The van der Waals surface area contributed by atoms with Gasteiger partial charge in [-0.2, -0.15) is 0 Å². The van der Waals surface area contributed by atoms with E-state index in [0.717, 1.165) is 34.0 Å². The summed E-state index contributed by atoms with van der Waals surface area (Å²) in [5.41, 5.74) is 3.00. The van der Waals surface area contributed by atoms with E-state index >= 15 is 0 Å². The van der Waals surface area contributed by atoms with Crippen molar-refractivity contribution in [3.8, 4) is 5.75 Å². The van der Waals surface area contributed by atoms with Crippen LogP contribution in [0.5, 0.6) is 5.75 Å². The highest BCUT2D eigenvalue weighted by Gasteiger charge is 2.12. The Morgan fingerprint density at radius 2 is 1.83 bits per heavy atom. The van der Waals surface area contributed by atoms with Crippen LogP contribution in [0.2, 0.25) is 5.02 Å². The Labute approximate surface area is 143 Å². The highest BCUT2D eigenvalue weighted by Crippen LogP contribution is 2.28. The summed E-state index contributed by atoms with van der Waals surface area (Å²) in [4.78, 5) is 4.41. The molecule has 1 unspecified atom stereocenters. The molecule has 3 heteroatoms. The van der Waals surface area contributed by atoms with Crippen molar-refractivity contribution in [1.82, 2.24) is 0 Å². The third kappa shape index (κ3) is 4.70. The van der Waals surface area contributed by atoms with Crippen LogP contribution in [0.3, 0.4) is 0 Å². The molecule has 0 bridgehead atoms. The van der Waals surface area contributed by atoms with Crippen LogP contribution in [0.15, 0.2) is 59.6 Å². The summed E-state index contributed by atoms with van der Waals surface area (Å²) < 4.78 is 6.16. The van der Waals surface area contributed by atoms with E-state index in [1.165, 1.54) is 0 Å². The second-order valence-electron chi connectivity index (χ2n) is 5.28. The molecule has 0 spiro atoms.